The van der Waals surface area contributed by atoms with Crippen LogP contribution in [0.3, 0.4) is 0 Å². The lowest BCUT2D eigenvalue weighted by Gasteiger charge is -2.44. The molecule has 1 heterocycles. The predicted octanol–water partition coefficient (Wildman–Crippen LogP) is 3.00. The number of hydrogen-bond donors (Lipinski definition) is 0. The monoisotopic (exact) mass is 340 g/mol. The maximum Gasteiger partial charge on any atom is 0.140 e. The SMILES string of the molecule is CN(C)C1=CC(I)(N(C)C)SC(C)(C)C1. The first-order chi connectivity index (χ1) is 6.66. The summed E-state index contributed by atoms with van der Waals surface area (Å²) < 4.78 is 0.388. The van der Waals surface area contributed by atoms with Gasteiger partial charge in [-0.15, -0.1) is 11.8 Å². The largest absolute Gasteiger partial charge is 0.381 e. The van der Waals surface area contributed by atoms with Crippen molar-refractivity contribution < 1.29 is 0 Å². The second-order valence-corrected chi connectivity index (χ2v) is 9.38. The van der Waals surface area contributed by atoms with E-state index in [1.807, 2.05) is 11.8 Å². The van der Waals surface area contributed by atoms with Crippen molar-refractivity contribution in [2.24, 2.45) is 0 Å². The van der Waals surface area contributed by atoms with Gasteiger partial charge in [-0.1, -0.05) is 13.8 Å². The van der Waals surface area contributed by atoms with Gasteiger partial charge in [-0.3, -0.25) is 4.90 Å². The molecule has 2 nitrogen and oxygen atoms in total. The summed E-state index contributed by atoms with van der Waals surface area (Å²) in [4.78, 5) is 4.51. The van der Waals surface area contributed by atoms with Gasteiger partial charge in [0.05, 0.1) is 0 Å². The molecule has 0 fully saturated rings. The molecule has 1 aliphatic heterocycles. The predicted molar refractivity (Wildman–Crippen MR) is 78.5 cm³/mol. The van der Waals surface area contributed by atoms with Crippen LogP contribution in [0, 0.1) is 0 Å². The van der Waals surface area contributed by atoms with E-state index in [0.29, 0.717) is 4.75 Å². The molecule has 0 amide bonds. The Bertz CT molecular complexity index is 274. The van der Waals surface area contributed by atoms with Crippen molar-refractivity contribution in [3.8, 4) is 0 Å². The number of likely N-dealkylation sites (N-methyl/N-ethyl adjacent to an activating group) is 1. The van der Waals surface area contributed by atoms with Gasteiger partial charge in [-0.05, 0) is 42.8 Å². The summed E-state index contributed by atoms with van der Waals surface area (Å²) in [6, 6.07) is 0. The van der Waals surface area contributed by atoms with E-state index in [9.17, 15) is 0 Å². The third-order valence-electron chi connectivity index (χ3n) is 2.56. The van der Waals surface area contributed by atoms with Crippen LogP contribution in [0.2, 0.25) is 0 Å². The average Bonchev–Trinajstić information content (AvgIpc) is 1.99. The van der Waals surface area contributed by atoms with Gasteiger partial charge in [0, 0.05) is 31.0 Å². The zero-order valence-electron chi connectivity index (χ0n) is 10.5. The van der Waals surface area contributed by atoms with E-state index in [1.54, 1.807) is 0 Å². The average molecular weight is 340 g/mol. The Morgan fingerprint density at radius 3 is 2.20 bits per heavy atom. The van der Waals surface area contributed by atoms with Gasteiger partial charge in [-0.25, -0.2) is 0 Å². The van der Waals surface area contributed by atoms with Crippen molar-refractivity contribution in [3.63, 3.8) is 0 Å². The lowest BCUT2D eigenvalue weighted by Crippen LogP contribution is -2.42. The molecule has 4 heteroatoms. The fourth-order valence-electron chi connectivity index (χ4n) is 1.65. The molecule has 88 valence electrons. The van der Waals surface area contributed by atoms with Gasteiger partial charge in [0.25, 0.3) is 0 Å². The van der Waals surface area contributed by atoms with E-state index in [-0.39, 0.29) is 2.88 Å². The van der Waals surface area contributed by atoms with Gasteiger partial charge < -0.3 is 4.90 Å². The molecule has 15 heavy (non-hydrogen) atoms. The highest BCUT2D eigenvalue weighted by molar-refractivity contribution is 14.1. The molecule has 0 saturated heterocycles. The lowest BCUT2D eigenvalue weighted by molar-refractivity contribution is 0.383. The van der Waals surface area contributed by atoms with E-state index < -0.39 is 0 Å². The molecule has 1 unspecified atom stereocenters. The Balaban J connectivity index is 3.05. The van der Waals surface area contributed by atoms with Crippen molar-refractivity contribution in [1.82, 2.24) is 9.80 Å². The topological polar surface area (TPSA) is 6.48 Å². The summed E-state index contributed by atoms with van der Waals surface area (Å²) in [7, 11) is 8.55. The smallest absolute Gasteiger partial charge is 0.140 e. The Kier molecular flexibility index (Phi) is 4.05. The quantitative estimate of drug-likeness (QED) is 0.434. The molecule has 0 radical (unpaired) electrons. The van der Waals surface area contributed by atoms with Crippen molar-refractivity contribution in [2.75, 3.05) is 28.2 Å². The molecule has 0 N–H and O–H groups in total. The van der Waals surface area contributed by atoms with E-state index in [0.717, 1.165) is 6.42 Å². The minimum Gasteiger partial charge on any atom is -0.381 e. The van der Waals surface area contributed by atoms with E-state index in [2.05, 4.69) is 80.5 Å². The zero-order valence-corrected chi connectivity index (χ0v) is 13.4. The maximum absolute atomic E-state index is 2.54. The molecule has 0 aliphatic carbocycles. The summed E-state index contributed by atoms with van der Waals surface area (Å²) >= 11 is 4.57. The first-order valence-corrected chi connectivity index (χ1v) is 7.01. The van der Waals surface area contributed by atoms with Crippen molar-refractivity contribution in [1.29, 1.82) is 0 Å². The maximum atomic E-state index is 2.54. The fourth-order valence-corrected chi connectivity index (χ4v) is 5.17. The molecule has 1 atom stereocenters. The molecule has 0 spiro atoms. The van der Waals surface area contributed by atoms with Crippen LogP contribution in [0.25, 0.3) is 0 Å². The number of nitrogens with zero attached hydrogens (tertiary/aromatic N) is 2. The summed E-state index contributed by atoms with van der Waals surface area (Å²) in [5.74, 6) is 0. The van der Waals surface area contributed by atoms with Gasteiger partial charge >= 0.3 is 0 Å². The second kappa shape index (κ2) is 4.45. The summed E-state index contributed by atoms with van der Waals surface area (Å²) in [6.45, 7) is 4.65. The first-order valence-electron chi connectivity index (χ1n) is 5.12. The number of alkyl halides is 1. The van der Waals surface area contributed by atoms with Crippen LogP contribution in [0.4, 0.5) is 0 Å². The highest BCUT2D eigenvalue weighted by atomic mass is 127. The van der Waals surface area contributed by atoms with Crippen LogP contribution in [-0.2, 0) is 0 Å². The number of rotatable bonds is 2. The minimum atomic E-state index is 0.0825. The van der Waals surface area contributed by atoms with Crippen LogP contribution in [-0.4, -0.2) is 45.6 Å². The molecular formula is C11H21IN2S. The second-order valence-electron chi connectivity index (χ2n) is 5.07. The molecule has 1 rings (SSSR count). The van der Waals surface area contributed by atoms with Crippen LogP contribution < -0.4 is 0 Å². The van der Waals surface area contributed by atoms with Gasteiger partial charge in [0.1, 0.15) is 2.88 Å². The molecule has 0 aromatic carbocycles. The summed E-state index contributed by atoms with van der Waals surface area (Å²) in [6.07, 6.45) is 3.52. The minimum absolute atomic E-state index is 0.0825. The van der Waals surface area contributed by atoms with Crippen molar-refractivity contribution >= 4 is 34.4 Å². The number of allylic oxidation sites excluding steroid dienone is 1. The normalized spacial score (nSPS) is 30.3. The summed E-state index contributed by atoms with van der Waals surface area (Å²) in [5.41, 5.74) is 1.43. The van der Waals surface area contributed by atoms with Crippen molar-refractivity contribution in [3.05, 3.63) is 11.8 Å². The van der Waals surface area contributed by atoms with Gasteiger partial charge in [-0.2, -0.15) is 0 Å². The Morgan fingerprint density at radius 2 is 1.80 bits per heavy atom. The standard InChI is InChI=1S/C11H21IN2S/c1-10(2)7-9(13(3)4)8-11(12,15-10)14(5)6/h8H,7H2,1-6H3. The molecular weight excluding hydrogens is 319 g/mol. The molecule has 0 bridgehead atoms. The van der Waals surface area contributed by atoms with Crippen LogP contribution in [0.5, 0.6) is 0 Å². The molecule has 0 aromatic rings. The summed E-state index contributed by atoms with van der Waals surface area (Å²) in [5, 5.41) is 0. The van der Waals surface area contributed by atoms with Crippen LogP contribution in [0.1, 0.15) is 20.3 Å². The third kappa shape index (κ3) is 3.27. The molecule has 0 aromatic heterocycles. The van der Waals surface area contributed by atoms with Crippen molar-refractivity contribution in [2.45, 2.75) is 27.9 Å². The van der Waals surface area contributed by atoms with E-state index in [1.165, 1.54) is 5.70 Å². The van der Waals surface area contributed by atoms with Gasteiger partial charge in [0.15, 0.2) is 0 Å². The highest BCUT2D eigenvalue weighted by Crippen LogP contribution is 2.51. The molecule has 1 aliphatic rings. The zero-order chi connectivity index (χ0) is 11.9. The first kappa shape index (κ1) is 13.6. The van der Waals surface area contributed by atoms with Crippen LogP contribution in [0.15, 0.2) is 11.8 Å². The molecule has 0 saturated carbocycles. The van der Waals surface area contributed by atoms with E-state index >= 15 is 0 Å². The third-order valence-corrected chi connectivity index (χ3v) is 5.96. The number of halogens is 1. The Labute approximate surface area is 112 Å². The highest BCUT2D eigenvalue weighted by Gasteiger charge is 2.40. The Morgan fingerprint density at radius 1 is 1.27 bits per heavy atom. The fraction of sp³-hybridized carbons (Fsp3) is 0.818. The van der Waals surface area contributed by atoms with Gasteiger partial charge in [0.2, 0.25) is 0 Å². The van der Waals surface area contributed by atoms with E-state index in [4.69, 9.17) is 0 Å². The number of thioether (sulfide) groups is 1. The Hall–Kier alpha value is 0.580. The number of hydrogen-bond acceptors (Lipinski definition) is 3. The van der Waals surface area contributed by atoms with Crippen LogP contribution >= 0.6 is 34.4 Å². The lowest BCUT2D eigenvalue weighted by atomic mass is 10.1.